The van der Waals surface area contributed by atoms with Gasteiger partial charge in [0.25, 0.3) is 0 Å². The van der Waals surface area contributed by atoms with Gasteiger partial charge in [-0.1, -0.05) is 31.6 Å². The van der Waals surface area contributed by atoms with E-state index >= 15 is 0 Å². The van der Waals surface area contributed by atoms with E-state index in [9.17, 15) is 0 Å². The molecule has 0 atom stereocenters. The molecule has 0 N–H and O–H groups in total. The molecule has 0 heterocycles. The van der Waals surface area contributed by atoms with Crippen molar-refractivity contribution in [2.45, 2.75) is 38.3 Å². The van der Waals surface area contributed by atoms with Gasteiger partial charge < -0.3 is 0 Å². The minimum Gasteiger partial charge on any atom is -0.0978 e. The van der Waals surface area contributed by atoms with Crippen LogP contribution in [0.2, 0.25) is 0 Å². The molecule has 0 aromatic rings. The fraction of sp³-hybridized carbons (Fsp3) is 1.00. The first-order chi connectivity index (χ1) is 5.00. The zero-order valence-electron chi connectivity index (χ0n) is 7.84. The molecule has 1 aliphatic carbocycles. The van der Waals surface area contributed by atoms with Gasteiger partial charge in [-0.2, -0.15) is 0 Å². The second kappa shape index (κ2) is 3.58. The third-order valence-electron chi connectivity index (χ3n) is 2.86. The summed E-state index contributed by atoms with van der Waals surface area (Å²) in [5, 5.41) is 0. The van der Waals surface area contributed by atoms with Gasteiger partial charge in [-0.05, 0) is 43.8 Å². The Bertz CT molecular complexity index is 162. The van der Waals surface area contributed by atoms with Crippen LogP contribution in [0.4, 0.5) is 0 Å². The average Bonchev–Trinajstić information content (AvgIpc) is 1.86. The van der Waals surface area contributed by atoms with Crippen LogP contribution in [0, 0.1) is 5.92 Å². The predicted molar refractivity (Wildman–Crippen MR) is 57.6 cm³/mol. The van der Waals surface area contributed by atoms with Gasteiger partial charge in [-0.15, -0.1) is 0 Å². The molecule has 11 heavy (non-hydrogen) atoms. The standard InChI is InChI=1S/C9H19PS/c1-8-4-6-9(7-5-8)10(2,3)11/h8-9H,4-7H2,1-3H3. The topological polar surface area (TPSA) is 0 Å². The molecule has 0 amide bonds. The number of rotatable bonds is 1. The molecule has 0 aliphatic heterocycles. The molecule has 1 fully saturated rings. The zero-order chi connectivity index (χ0) is 8.48. The van der Waals surface area contributed by atoms with E-state index in [1.807, 2.05) is 0 Å². The monoisotopic (exact) mass is 190 g/mol. The van der Waals surface area contributed by atoms with E-state index in [0.717, 1.165) is 11.6 Å². The van der Waals surface area contributed by atoms with Crippen LogP contribution in [-0.2, 0) is 11.8 Å². The molecule has 0 radical (unpaired) electrons. The largest absolute Gasteiger partial charge is 0.0978 e. The van der Waals surface area contributed by atoms with E-state index in [-0.39, 0.29) is 0 Å². The Morgan fingerprint density at radius 1 is 1.09 bits per heavy atom. The van der Waals surface area contributed by atoms with Crippen LogP contribution in [0.25, 0.3) is 0 Å². The van der Waals surface area contributed by atoms with Crippen LogP contribution >= 0.6 is 6.04 Å². The molecule has 0 aromatic carbocycles. The Hall–Kier alpha value is 0.650. The summed E-state index contributed by atoms with van der Waals surface area (Å²) in [5.41, 5.74) is 0.911. The van der Waals surface area contributed by atoms with Crippen molar-refractivity contribution in [1.82, 2.24) is 0 Å². The van der Waals surface area contributed by atoms with Crippen LogP contribution in [0.15, 0.2) is 0 Å². The van der Waals surface area contributed by atoms with E-state index in [4.69, 9.17) is 11.8 Å². The van der Waals surface area contributed by atoms with E-state index in [2.05, 4.69) is 20.3 Å². The lowest BCUT2D eigenvalue weighted by atomic mass is 9.91. The summed E-state index contributed by atoms with van der Waals surface area (Å²) in [6.45, 7) is 6.98. The third kappa shape index (κ3) is 2.87. The van der Waals surface area contributed by atoms with Crippen LogP contribution in [0.5, 0.6) is 0 Å². The maximum Gasteiger partial charge on any atom is -0.0123 e. The highest BCUT2D eigenvalue weighted by molar-refractivity contribution is 8.14. The zero-order valence-corrected chi connectivity index (χ0v) is 9.55. The van der Waals surface area contributed by atoms with Crippen LogP contribution in [0.3, 0.4) is 0 Å². The Kier molecular flexibility index (Phi) is 3.17. The van der Waals surface area contributed by atoms with Crippen molar-refractivity contribution in [3.8, 4) is 0 Å². The molecule has 1 rings (SSSR count). The normalized spacial score (nSPS) is 33.7. The lowest BCUT2D eigenvalue weighted by Crippen LogP contribution is -2.16. The van der Waals surface area contributed by atoms with Gasteiger partial charge >= 0.3 is 0 Å². The summed E-state index contributed by atoms with van der Waals surface area (Å²) in [7, 11) is 0. The molecule has 2 heteroatoms. The molecular formula is C9H19PS. The summed E-state index contributed by atoms with van der Waals surface area (Å²) in [5.74, 6) is 0.966. The first kappa shape index (κ1) is 9.74. The van der Waals surface area contributed by atoms with E-state index in [1.54, 1.807) is 0 Å². The summed E-state index contributed by atoms with van der Waals surface area (Å²) in [6, 6.07) is -0.934. The van der Waals surface area contributed by atoms with Gasteiger partial charge in [0.2, 0.25) is 0 Å². The van der Waals surface area contributed by atoms with Crippen LogP contribution in [-0.4, -0.2) is 19.0 Å². The predicted octanol–water partition coefficient (Wildman–Crippen LogP) is 3.30. The summed E-state index contributed by atoms with van der Waals surface area (Å²) >= 11 is 5.55. The molecule has 0 bridgehead atoms. The molecule has 0 spiro atoms. The fourth-order valence-electron chi connectivity index (χ4n) is 1.86. The second-order valence-electron chi connectivity index (χ2n) is 4.35. The smallest absolute Gasteiger partial charge is 0.0123 e. The molecule has 1 aliphatic rings. The maximum absolute atomic E-state index is 5.55. The van der Waals surface area contributed by atoms with Crippen molar-refractivity contribution in [2.75, 3.05) is 13.3 Å². The van der Waals surface area contributed by atoms with Crippen molar-refractivity contribution >= 4 is 17.8 Å². The fourth-order valence-corrected chi connectivity index (χ4v) is 4.04. The molecule has 66 valence electrons. The maximum atomic E-state index is 5.55. The van der Waals surface area contributed by atoms with Gasteiger partial charge in [0.1, 0.15) is 0 Å². The third-order valence-corrected chi connectivity index (χ3v) is 6.03. The molecular weight excluding hydrogens is 171 g/mol. The van der Waals surface area contributed by atoms with Gasteiger partial charge in [-0.3, -0.25) is 0 Å². The molecule has 0 saturated heterocycles. The Labute approximate surface area is 75.8 Å². The Morgan fingerprint density at radius 2 is 1.55 bits per heavy atom. The summed E-state index contributed by atoms with van der Waals surface area (Å²) in [4.78, 5) is 0. The molecule has 1 saturated carbocycles. The summed E-state index contributed by atoms with van der Waals surface area (Å²) < 4.78 is 0. The van der Waals surface area contributed by atoms with Crippen molar-refractivity contribution in [2.24, 2.45) is 5.92 Å². The number of hydrogen-bond donors (Lipinski definition) is 0. The second-order valence-corrected chi connectivity index (χ2v) is 10.8. The van der Waals surface area contributed by atoms with Crippen molar-refractivity contribution in [1.29, 1.82) is 0 Å². The molecule has 0 nitrogen and oxygen atoms in total. The van der Waals surface area contributed by atoms with Crippen molar-refractivity contribution in [3.63, 3.8) is 0 Å². The van der Waals surface area contributed by atoms with Crippen LogP contribution < -0.4 is 0 Å². The highest BCUT2D eigenvalue weighted by atomic mass is 32.4. The van der Waals surface area contributed by atoms with Gasteiger partial charge in [0.15, 0.2) is 0 Å². The quantitative estimate of drug-likeness (QED) is 0.572. The Morgan fingerprint density at radius 3 is 1.91 bits per heavy atom. The number of hydrogen-bond acceptors (Lipinski definition) is 1. The summed E-state index contributed by atoms with van der Waals surface area (Å²) in [6.07, 6.45) is 5.66. The first-order valence-electron chi connectivity index (χ1n) is 4.55. The van der Waals surface area contributed by atoms with E-state index < -0.39 is 6.04 Å². The lowest BCUT2D eigenvalue weighted by molar-refractivity contribution is 0.390. The molecule has 0 unspecified atom stereocenters. The SMILES string of the molecule is CC1CCC(P(C)(C)=S)CC1. The average molecular weight is 190 g/mol. The van der Waals surface area contributed by atoms with E-state index in [1.165, 1.54) is 25.7 Å². The minimum atomic E-state index is -0.934. The van der Waals surface area contributed by atoms with Gasteiger partial charge in [0, 0.05) is 0 Å². The Balaban J connectivity index is 2.46. The van der Waals surface area contributed by atoms with E-state index in [0.29, 0.717) is 0 Å². The van der Waals surface area contributed by atoms with Crippen molar-refractivity contribution in [3.05, 3.63) is 0 Å². The highest BCUT2D eigenvalue weighted by Crippen LogP contribution is 2.49. The van der Waals surface area contributed by atoms with Crippen LogP contribution in [0.1, 0.15) is 32.6 Å². The van der Waals surface area contributed by atoms with Crippen molar-refractivity contribution < 1.29 is 0 Å². The highest BCUT2D eigenvalue weighted by Gasteiger charge is 2.24. The van der Waals surface area contributed by atoms with Gasteiger partial charge in [-0.25, -0.2) is 0 Å². The van der Waals surface area contributed by atoms with Gasteiger partial charge in [0.05, 0.1) is 0 Å². The lowest BCUT2D eigenvalue weighted by Gasteiger charge is -2.31. The molecule has 0 aromatic heterocycles. The minimum absolute atomic E-state index is 0.911. The first-order valence-corrected chi connectivity index (χ1v) is 8.31.